The smallest absolute Gasteiger partial charge is 0.251 e. The average Bonchev–Trinajstić information content (AvgIpc) is 2.74. The van der Waals surface area contributed by atoms with Crippen molar-refractivity contribution >= 4 is 15.9 Å². The van der Waals surface area contributed by atoms with Crippen LogP contribution in [-0.2, 0) is 15.8 Å². The molecule has 3 rings (SSSR count). The van der Waals surface area contributed by atoms with Gasteiger partial charge in [-0.3, -0.25) is 4.79 Å². The van der Waals surface area contributed by atoms with E-state index in [2.05, 4.69) is 5.32 Å². The summed E-state index contributed by atoms with van der Waals surface area (Å²) in [6.07, 6.45) is 2.93. The van der Waals surface area contributed by atoms with E-state index in [-0.39, 0.29) is 17.7 Å². The van der Waals surface area contributed by atoms with Crippen LogP contribution in [0.1, 0.15) is 47.7 Å². The first kappa shape index (κ1) is 22.3. The van der Waals surface area contributed by atoms with Crippen LogP contribution in [0.2, 0.25) is 0 Å². The summed E-state index contributed by atoms with van der Waals surface area (Å²) in [5, 5.41) is 2.91. The SMILES string of the molecule is Cc1ccccc1OC[C@H](C)NC(=O)c1ccc(CS(=O)(=O)N2CCCCC2)cc1. The Morgan fingerprint density at radius 3 is 2.40 bits per heavy atom. The van der Waals surface area contributed by atoms with Gasteiger partial charge in [-0.2, -0.15) is 0 Å². The van der Waals surface area contributed by atoms with E-state index in [1.807, 2.05) is 38.1 Å². The predicted molar refractivity (Wildman–Crippen MR) is 118 cm³/mol. The number of aryl methyl sites for hydroxylation is 1. The predicted octanol–water partition coefficient (Wildman–Crippen LogP) is 3.51. The van der Waals surface area contributed by atoms with E-state index in [1.165, 1.54) is 0 Å². The van der Waals surface area contributed by atoms with Crippen molar-refractivity contribution in [3.05, 3.63) is 65.2 Å². The molecule has 0 bridgehead atoms. The van der Waals surface area contributed by atoms with Crippen LogP contribution in [0.4, 0.5) is 0 Å². The lowest BCUT2D eigenvalue weighted by molar-refractivity contribution is 0.0926. The molecule has 0 saturated carbocycles. The van der Waals surface area contributed by atoms with Gasteiger partial charge in [0.05, 0.1) is 11.8 Å². The van der Waals surface area contributed by atoms with E-state index in [0.29, 0.717) is 30.8 Å². The molecular formula is C23H30N2O4S. The molecule has 162 valence electrons. The minimum Gasteiger partial charge on any atom is -0.491 e. The van der Waals surface area contributed by atoms with Crippen molar-refractivity contribution in [3.63, 3.8) is 0 Å². The van der Waals surface area contributed by atoms with Crippen LogP contribution >= 0.6 is 0 Å². The average molecular weight is 431 g/mol. The number of amides is 1. The molecule has 1 aliphatic rings. The Kier molecular flexibility index (Phi) is 7.50. The summed E-state index contributed by atoms with van der Waals surface area (Å²) in [7, 11) is -3.31. The second-order valence-electron chi connectivity index (χ2n) is 7.86. The molecule has 0 aromatic heterocycles. The number of piperidine rings is 1. The molecule has 0 radical (unpaired) electrons. The number of ether oxygens (including phenoxy) is 1. The number of carbonyl (C=O) groups is 1. The zero-order valence-electron chi connectivity index (χ0n) is 17.6. The Bertz CT molecular complexity index is 951. The van der Waals surface area contributed by atoms with E-state index in [4.69, 9.17) is 4.74 Å². The fourth-order valence-electron chi connectivity index (χ4n) is 3.48. The van der Waals surface area contributed by atoms with Crippen LogP contribution < -0.4 is 10.1 Å². The highest BCUT2D eigenvalue weighted by Crippen LogP contribution is 2.18. The number of rotatable bonds is 8. The van der Waals surface area contributed by atoms with Gasteiger partial charge >= 0.3 is 0 Å². The Balaban J connectivity index is 1.52. The monoisotopic (exact) mass is 430 g/mol. The van der Waals surface area contributed by atoms with Crippen LogP contribution in [0.25, 0.3) is 0 Å². The van der Waals surface area contributed by atoms with E-state index < -0.39 is 10.0 Å². The number of benzene rings is 2. The normalized spacial score (nSPS) is 16.1. The summed E-state index contributed by atoms with van der Waals surface area (Å²) < 4.78 is 32.5. The highest BCUT2D eigenvalue weighted by molar-refractivity contribution is 7.88. The summed E-state index contributed by atoms with van der Waals surface area (Å²) in [4.78, 5) is 12.5. The van der Waals surface area contributed by atoms with Gasteiger partial charge in [-0.25, -0.2) is 12.7 Å². The third-order valence-corrected chi connectivity index (χ3v) is 7.08. The second-order valence-corrected chi connectivity index (χ2v) is 9.83. The van der Waals surface area contributed by atoms with Crippen LogP contribution in [0, 0.1) is 6.92 Å². The van der Waals surface area contributed by atoms with Gasteiger partial charge in [-0.15, -0.1) is 0 Å². The van der Waals surface area contributed by atoms with Crippen molar-refractivity contribution in [2.45, 2.75) is 44.9 Å². The summed E-state index contributed by atoms with van der Waals surface area (Å²) in [6, 6.07) is 14.3. The van der Waals surface area contributed by atoms with Gasteiger partial charge < -0.3 is 10.1 Å². The second kappa shape index (κ2) is 10.1. The number of nitrogens with one attached hydrogen (secondary N) is 1. The largest absolute Gasteiger partial charge is 0.491 e. The first-order valence-electron chi connectivity index (χ1n) is 10.4. The Labute approximate surface area is 179 Å². The number of sulfonamides is 1. The maximum atomic E-state index is 12.6. The molecule has 6 nitrogen and oxygen atoms in total. The summed E-state index contributed by atoms with van der Waals surface area (Å²) in [5.41, 5.74) is 2.23. The number of nitrogens with zero attached hydrogens (tertiary/aromatic N) is 1. The summed E-state index contributed by atoms with van der Waals surface area (Å²) in [5.74, 6) is 0.564. The van der Waals surface area contributed by atoms with Crippen LogP contribution in [0.15, 0.2) is 48.5 Å². The van der Waals surface area contributed by atoms with Crippen molar-refractivity contribution < 1.29 is 17.9 Å². The first-order chi connectivity index (χ1) is 14.3. The van der Waals surface area contributed by atoms with E-state index in [0.717, 1.165) is 30.6 Å². The third kappa shape index (κ3) is 6.06. The van der Waals surface area contributed by atoms with E-state index in [1.54, 1.807) is 28.6 Å². The lowest BCUT2D eigenvalue weighted by Crippen LogP contribution is -2.37. The van der Waals surface area contributed by atoms with Crippen LogP contribution in [-0.4, -0.2) is 44.4 Å². The molecule has 7 heteroatoms. The molecule has 0 unspecified atom stereocenters. The quantitative estimate of drug-likeness (QED) is 0.695. The molecule has 1 heterocycles. The molecule has 2 aromatic carbocycles. The van der Waals surface area contributed by atoms with Gasteiger partial charge in [0, 0.05) is 18.7 Å². The van der Waals surface area contributed by atoms with E-state index >= 15 is 0 Å². The van der Waals surface area contributed by atoms with Gasteiger partial charge in [-0.1, -0.05) is 36.8 Å². The molecule has 1 aliphatic heterocycles. The Morgan fingerprint density at radius 1 is 1.07 bits per heavy atom. The van der Waals surface area contributed by atoms with Crippen LogP contribution in [0.5, 0.6) is 5.75 Å². The number of para-hydroxylation sites is 1. The maximum Gasteiger partial charge on any atom is 0.251 e. The van der Waals surface area contributed by atoms with Crippen LogP contribution in [0.3, 0.4) is 0 Å². The standard InChI is InChI=1S/C23H30N2O4S/c1-18-8-4-5-9-22(18)29-16-19(2)24-23(26)21-12-10-20(11-13-21)17-30(27,28)25-14-6-3-7-15-25/h4-5,8-13,19H,3,6-7,14-17H2,1-2H3,(H,24,26)/t19-/m0/s1. The molecule has 1 saturated heterocycles. The summed E-state index contributed by atoms with van der Waals surface area (Å²) >= 11 is 0. The zero-order chi connectivity index (χ0) is 21.6. The van der Waals surface area contributed by atoms with Crippen molar-refractivity contribution in [1.29, 1.82) is 0 Å². The highest BCUT2D eigenvalue weighted by Gasteiger charge is 2.24. The molecule has 1 atom stereocenters. The van der Waals surface area contributed by atoms with Gasteiger partial charge in [0.2, 0.25) is 10.0 Å². The summed E-state index contributed by atoms with van der Waals surface area (Å²) in [6.45, 7) is 5.43. The topological polar surface area (TPSA) is 75.7 Å². The fourth-order valence-corrected chi connectivity index (χ4v) is 5.09. The maximum absolute atomic E-state index is 12.6. The minimum absolute atomic E-state index is 0.0322. The lowest BCUT2D eigenvalue weighted by Gasteiger charge is -2.25. The number of carbonyl (C=O) groups excluding carboxylic acids is 1. The third-order valence-electron chi connectivity index (χ3n) is 5.23. The number of hydrogen-bond acceptors (Lipinski definition) is 4. The molecule has 1 fully saturated rings. The molecule has 0 aliphatic carbocycles. The van der Waals surface area contributed by atoms with Crippen molar-refractivity contribution in [2.75, 3.05) is 19.7 Å². The molecule has 2 aromatic rings. The van der Waals surface area contributed by atoms with E-state index in [9.17, 15) is 13.2 Å². The van der Waals surface area contributed by atoms with Crippen molar-refractivity contribution in [2.24, 2.45) is 0 Å². The Hall–Kier alpha value is -2.38. The molecular weight excluding hydrogens is 400 g/mol. The zero-order valence-corrected chi connectivity index (χ0v) is 18.5. The van der Waals surface area contributed by atoms with Gasteiger partial charge in [0.1, 0.15) is 12.4 Å². The minimum atomic E-state index is -3.31. The fraction of sp³-hybridized carbons (Fsp3) is 0.435. The highest BCUT2D eigenvalue weighted by atomic mass is 32.2. The first-order valence-corrected chi connectivity index (χ1v) is 12.0. The molecule has 30 heavy (non-hydrogen) atoms. The molecule has 0 spiro atoms. The number of hydrogen-bond donors (Lipinski definition) is 1. The van der Waals surface area contributed by atoms with Crippen molar-refractivity contribution in [1.82, 2.24) is 9.62 Å². The molecule has 1 N–H and O–H groups in total. The molecule has 1 amide bonds. The Morgan fingerprint density at radius 2 is 1.73 bits per heavy atom. The van der Waals surface area contributed by atoms with Gasteiger partial charge in [0.25, 0.3) is 5.91 Å². The van der Waals surface area contributed by atoms with Crippen molar-refractivity contribution in [3.8, 4) is 5.75 Å². The van der Waals surface area contributed by atoms with Gasteiger partial charge in [0.15, 0.2) is 0 Å². The lowest BCUT2D eigenvalue weighted by atomic mass is 10.1. The van der Waals surface area contributed by atoms with Gasteiger partial charge in [-0.05, 0) is 56.0 Å².